The zero-order chi connectivity index (χ0) is 31.1. The number of carbonyl (C=O) groups is 1. The Morgan fingerprint density at radius 2 is 1.60 bits per heavy atom. The Bertz CT molecular complexity index is 1210. The summed E-state index contributed by atoms with van der Waals surface area (Å²) in [6.07, 6.45) is -9.96. The molecule has 3 rings (SSSR count). The lowest BCUT2D eigenvalue weighted by atomic mass is 9.98. The minimum Gasteiger partial charge on any atom is -0.748 e. The van der Waals surface area contributed by atoms with Crippen LogP contribution in [0.25, 0.3) is 5.32 Å². The van der Waals surface area contributed by atoms with Crippen LogP contribution < -0.4 is 5.32 Å². The van der Waals surface area contributed by atoms with Crippen molar-refractivity contribution in [2.45, 2.75) is 38.3 Å². The molecule has 0 aliphatic carbocycles. The molecule has 1 aliphatic heterocycles. The fourth-order valence-electron chi connectivity index (χ4n) is 3.59. The summed E-state index contributed by atoms with van der Waals surface area (Å²) < 4.78 is 115. The maximum Gasteiger partial charge on any atom is 0.416 e. The third kappa shape index (κ3) is 11.7. The van der Waals surface area contributed by atoms with E-state index in [-0.39, 0.29) is 23.5 Å². The number of aryl methyl sites for hydroxylation is 1. The van der Waals surface area contributed by atoms with E-state index in [4.69, 9.17) is 18.1 Å². The number of hydrogen-bond donors (Lipinski definition) is 2. The first-order valence-electron chi connectivity index (χ1n) is 11.4. The van der Waals surface area contributed by atoms with Crippen LogP contribution in [0.3, 0.4) is 0 Å². The molecular weight excluding hydrogens is 575 g/mol. The lowest BCUT2D eigenvalue weighted by Crippen LogP contribution is -2.48. The van der Waals surface area contributed by atoms with Crippen LogP contribution in [0, 0.1) is 12.7 Å². The van der Waals surface area contributed by atoms with Crippen molar-refractivity contribution in [2.75, 3.05) is 32.9 Å². The highest BCUT2D eigenvalue weighted by atomic mass is 32.2. The van der Waals surface area contributed by atoms with Gasteiger partial charge in [0.2, 0.25) is 0 Å². The third-order valence-electron chi connectivity index (χ3n) is 5.56. The molecule has 2 aromatic carbocycles. The van der Waals surface area contributed by atoms with E-state index >= 15 is 0 Å². The van der Waals surface area contributed by atoms with Crippen molar-refractivity contribution in [3.05, 3.63) is 75.3 Å². The van der Waals surface area contributed by atoms with Crippen molar-refractivity contribution < 1.29 is 53.6 Å². The summed E-state index contributed by atoms with van der Waals surface area (Å²) in [6, 6.07) is 4.99. The van der Waals surface area contributed by atoms with E-state index in [1.807, 2.05) is 0 Å². The smallest absolute Gasteiger partial charge is 0.416 e. The maximum absolute atomic E-state index is 13.0. The molecule has 0 radical (unpaired) electrons. The predicted molar refractivity (Wildman–Crippen MR) is 131 cm³/mol. The molecule has 40 heavy (non-hydrogen) atoms. The van der Waals surface area contributed by atoms with Crippen LogP contribution in [-0.2, 0) is 22.5 Å². The van der Waals surface area contributed by atoms with Gasteiger partial charge >= 0.3 is 18.4 Å². The molecule has 0 aromatic heterocycles. The van der Waals surface area contributed by atoms with Gasteiger partial charge in [0, 0.05) is 25.9 Å². The quantitative estimate of drug-likeness (QED) is 0.342. The largest absolute Gasteiger partial charge is 0.748 e. The number of amides is 1. The number of alkyl halides is 6. The summed E-state index contributed by atoms with van der Waals surface area (Å²) >= 11 is 0. The molecule has 2 atom stereocenters. The molecule has 8 nitrogen and oxygen atoms in total. The zero-order valence-electron chi connectivity index (χ0n) is 21.8. The fraction of sp³-hybridized carbons (Fsp3) is 0.458. The number of nitrogens with zero attached hydrogens (tertiary/aromatic N) is 2. The number of nitrogens with one attached hydrogen (secondary N) is 1. The molecule has 0 spiro atoms. The Labute approximate surface area is 226 Å². The van der Waals surface area contributed by atoms with Gasteiger partial charge in [-0.1, -0.05) is 18.6 Å². The standard InChI is InChI=1S/C12H15FN2O2.C11H10F6N.CH4O3S/c1-8-6-9(13)2-3-10(8)11-7-14-4-5-15(11)12(16)17;1-6(18-2)7-3-8(10(12,13)14)5-9(4-7)11(15,16)17;1-5(2,3)4/h2-3,6,11,14H,4-5,7H2,1H3,(H,16,17);3-6H,1-2H3;1H3,(H,2,3,4)/q;-1;/p-1/t11-;6-;/m11./s1. The fourth-order valence-corrected chi connectivity index (χ4v) is 3.59. The molecule has 1 fully saturated rings. The average Bonchev–Trinajstić information content (AvgIpc) is 2.81. The van der Waals surface area contributed by atoms with Gasteiger partial charge in [-0.25, -0.2) is 17.6 Å². The number of hydrogen-bond acceptors (Lipinski definition) is 5. The lowest BCUT2D eigenvalue weighted by molar-refractivity contribution is -0.143. The number of halogens is 7. The molecule has 2 N–H and O–H groups in total. The zero-order valence-corrected chi connectivity index (χ0v) is 22.6. The van der Waals surface area contributed by atoms with E-state index in [9.17, 15) is 35.5 Å². The monoisotopic (exact) mass is 603 g/mol. The number of benzene rings is 2. The van der Waals surface area contributed by atoms with Gasteiger partial charge in [0.05, 0.1) is 27.3 Å². The molecule has 2 aromatic rings. The Balaban J connectivity index is 0.000000343. The van der Waals surface area contributed by atoms with E-state index in [1.54, 1.807) is 13.0 Å². The highest BCUT2D eigenvalue weighted by Crippen LogP contribution is 2.38. The summed E-state index contributed by atoms with van der Waals surface area (Å²) in [4.78, 5) is 12.5. The topological polar surface area (TPSA) is 124 Å². The number of rotatable bonds is 3. The second-order valence-electron chi connectivity index (χ2n) is 8.67. The minimum atomic E-state index is -4.82. The average molecular weight is 604 g/mol. The molecule has 0 saturated carbocycles. The molecule has 0 bridgehead atoms. The third-order valence-corrected chi connectivity index (χ3v) is 5.56. The lowest BCUT2D eigenvalue weighted by Gasteiger charge is -2.35. The highest BCUT2D eigenvalue weighted by Gasteiger charge is 2.36. The van der Waals surface area contributed by atoms with Gasteiger partial charge in [-0.15, -0.1) is 6.04 Å². The Morgan fingerprint density at radius 1 is 1.10 bits per heavy atom. The van der Waals surface area contributed by atoms with Crippen LogP contribution in [0.2, 0.25) is 0 Å². The van der Waals surface area contributed by atoms with Gasteiger partial charge in [-0.2, -0.15) is 33.4 Å². The second-order valence-corrected chi connectivity index (χ2v) is 10.1. The van der Waals surface area contributed by atoms with E-state index in [1.165, 1.54) is 31.0 Å². The summed E-state index contributed by atoms with van der Waals surface area (Å²) in [6.45, 7) is 4.90. The highest BCUT2D eigenvalue weighted by molar-refractivity contribution is 7.84. The molecule has 0 unspecified atom stereocenters. The summed E-state index contributed by atoms with van der Waals surface area (Å²) in [5, 5.41) is 16.0. The molecule has 16 heteroatoms. The normalized spacial score (nSPS) is 16.7. The van der Waals surface area contributed by atoms with Crippen LogP contribution in [-0.4, -0.2) is 62.0 Å². The van der Waals surface area contributed by atoms with Gasteiger partial charge in [0.15, 0.2) is 0 Å². The first-order valence-corrected chi connectivity index (χ1v) is 13.2. The molecule has 1 heterocycles. The van der Waals surface area contributed by atoms with Crippen LogP contribution in [0.5, 0.6) is 0 Å². The first kappa shape index (κ1) is 35.1. The molecule has 1 aliphatic rings. The number of carboxylic acid groups (broad SMARTS) is 1. The van der Waals surface area contributed by atoms with Gasteiger partial charge in [0.25, 0.3) is 0 Å². The first-order chi connectivity index (χ1) is 18.1. The van der Waals surface area contributed by atoms with E-state index in [0.29, 0.717) is 38.0 Å². The Morgan fingerprint density at radius 3 is 2.00 bits per heavy atom. The summed E-state index contributed by atoms with van der Waals surface area (Å²) in [7, 11) is -2.59. The van der Waals surface area contributed by atoms with E-state index < -0.39 is 45.7 Å². The van der Waals surface area contributed by atoms with Crippen molar-refractivity contribution in [3.8, 4) is 0 Å². The maximum atomic E-state index is 13.0. The predicted octanol–water partition coefficient (Wildman–Crippen LogP) is 5.71. The van der Waals surface area contributed by atoms with Gasteiger partial charge < -0.3 is 20.3 Å². The number of piperazine rings is 1. The Hall–Kier alpha value is -2.95. The van der Waals surface area contributed by atoms with Crippen LogP contribution >= 0.6 is 0 Å². The molecule has 1 saturated heterocycles. The van der Waals surface area contributed by atoms with Gasteiger partial charge in [-0.3, -0.25) is 4.90 Å². The molecule has 226 valence electrons. The van der Waals surface area contributed by atoms with Gasteiger partial charge in [-0.05, 0) is 48.4 Å². The van der Waals surface area contributed by atoms with Crippen LogP contribution in [0.4, 0.5) is 35.5 Å². The summed E-state index contributed by atoms with van der Waals surface area (Å²) in [5.74, 6) is -0.295. The van der Waals surface area contributed by atoms with Crippen molar-refractivity contribution in [1.82, 2.24) is 10.2 Å². The Kier molecular flexibility index (Phi) is 12.4. The van der Waals surface area contributed by atoms with Crippen LogP contribution in [0.15, 0.2) is 36.4 Å². The SMILES string of the molecule is CS(=O)(=O)[O-].C[N-][C@H](C)c1cc(C(F)(F)F)cc(C(F)(F)F)c1.Cc1cc(F)ccc1[C@H]1CNCCN1C(=O)O. The van der Waals surface area contributed by atoms with Crippen LogP contribution in [0.1, 0.15) is 46.8 Å². The van der Waals surface area contributed by atoms with Crippen molar-refractivity contribution in [1.29, 1.82) is 0 Å². The molecular formula is C24H28F7N3O5S-2. The van der Waals surface area contributed by atoms with Crippen molar-refractivity contribution >= 4 is 16.2 Å². The molecule has 1 amide bonds. The van der Waals surface area contributed by atoms with Gasteiger partial charge in [0.1, 0.15) is 5.82 Å². The van der Waals surface area contributed by atoms with Crippen molar-refractivity contribution in [2.24, 2.45) is 0 Å². The minimum absolute atomic E-state index is 0.103. The van der Waals surface area contributed by atoms with Crippen molar-refractivity contribution in [3.63, 3.8) is 0 Å². The summed E-state index contributed by atoms with van der Waals surface area (Å²) in [5.41, 5.74) is -1.10. The van der Waals surface area contributed by atoms with E-state index in [2.05, 4.69) is 10.6 Å². The second kappa shape index (κ2) is 14.1. The van der Waals surface area contributed by atoms with E-state index in [0.717, 1.165) is 11.1 Å².